The van der Waals surface area contributed by atoms with Crippen molar-refractivity contribution in [3.05, 3.63) is 44.6 Å². The monoisotopic (exact) mass is 313 g/mol. The lowest BCUT2D eigenvalue weighted by Gasteiger charge is -2.07. The third kappa shape index (κ3) is 2.25. The molecule has 0 saturated heterocycles. The van der Waals surface area contributed by atoms with Gasteiger partial charge in [0, 0.05) is 11.0 Å². The van der Waals surface area contributed by atoms with Crippen LogP contribution in [-0.2, 0) is 6.54 Å². The minimum atomic E-state index is 0.513. The summed E-state index contributed by atoms with van der Waals surface area (Å²) in [5.41, 5.74) is 9.45. The zero-order chi connectivity index (χ0) is 12.6. The number of nitrogens with two attached hydrogens (primary N) is 1. The highest BCUT2D eigenvalue weighted by Gasteiger charge is 2.11. The topological polar surface area (TPSA) is 43.8 Å². The van der Waals surface area contributed by atoms with E-state index in [1.807, 2.05) is 36.7 Å². The minimum absolute atomic E-state index is 0.513. The van der Waals surface area contributed by atoms with E-state index < -0.39 is 0 Å². The molecule has 1 aromatic carbocycles. The fraction of sp³-hybridized carbons (Fsp3) is 0.250. The van der Waals surface area contributed by atoms with Gasteiger partial charge in [0.05, 0.1) is 22.1 Å². The first-order chi connectivity index (χ1) is 8.04. The first-order valence-electron chi connectivity index (χ1n) is 5.25. The Hall–Kier alpha value is -0.840. The molecule has 0 aliphatic carbocycles. The van der Waals surface area contributed by atoms with Crippen molar-refractivity contribution in [3.63, 3.8) is 0 Å². The number of halogens is 2. The summed E-state index contributed by atoms with van der Waals surface area (Å²) in [6, 6.07) is 5.98. The van der Waals surface area contributed by atoms with Crippen molar-refractivity contribution in [2.24, 2.45) is 5.73 Å². The Bertz CT molecular complexity index is 563. The van der Waals surface area contributed by atoms with E-state index in [-0.39, 0.29) is 0 Å². The van der Waals surface area contributed by atoms with Crippen molar-refractivity contribution in [2.75, 3.05) is 0 Å². The highest BCUT2D eigenvalue weighted by Crippen LogP contribution is 2.25. The summed E-state index contributed by atoms with van der Waals surface area (Å²) in [6.45, 7) is 4.36. The second kappa shape index (κ2) is 4.80. The molecule has 0 fully saturated rings. The summed E-state index contributed by atoms with van der Waals surface area (Å²) in [7, 11) is 0. The molecule has 2 aromatic rings. The van der Waals surface area contributed by atoms with Gasteiger partial charge in [0.25, 0.3) is 0 Å². The maximum Gasteiger partial charge on any atom is 0.0848 e. The predicted octanol–water partition coefficient (Wildman–Crippen LogP) is 3.36. The molecule has 3 nitrogen and oxygen atoms in total. The van der Waals surface area contributed by atoms with Crippen molar-refractivity contribution in [2.45, 2.75) is 20.4 Å². The van der Waals surface area contributed by atoms with Gasteiger partial charge < -0.3 is 5.73 Å². The Balaban J connectivity index is 2.53. The van der Waals surface area contributed by atoms with Gasteiger partial charge in [-0.15, -0.1) is 0 Å². The van der Waals surface area contributed by atoms with E-state index in [4.69, 9.17) is 17.3 Å². The molecule has 0 radical (unpaired) electrons. The van der Waals surface area contributed by atoms with Gasteiger partial charge in [0.2, 0.25) is 0 Å². The maximum absolute atomic E-state index is 6.13. The quantitative estimate of drug-likeness (QED) is 0.923. The molecule has 1 aromatic heterocycles. The number of benzene rings is 1. The van der Waals surface area contributed by atoms with Gasteiger partial charge in [-0.1, -0.05) is 33.6 Å². The lowest BCUT2D eigenvalue weighted by molar-refractivity contribution is 0.831. The van der Waals surface area contributed by atoms with Gasteiger partial charge in [-0.25, -0.2) is 4.68 Å². The molecule has 0 bridgehead atoms. The van der Waals surface area contributed by atoms with Crippen LogP contribution >= 0.6 is 27.5 Å². The van der Waals surface area contributed by atoms with Gasteiger partial charge >= 0.3 is 0 Å². The molecule has 0 aliphatic rings. The summed E-state index contributed by atoms with van der Waals surface area (Å²) in [5, 5.41) is 5.12. The fourth-order valence-corrected chi connectivity index (χ4v) is 2.36. The SMILES string of the molecule is Cc1nn(-c2ccc(CN)c(Br)c2)c(C)c1Cl. The molecular weight excluding hydrogens is 302 g/mol. The van der Waals surface area contributed by atoms with Crippen molar-refractivity contribution < 1.29 is 0 Å². The van der Waals surface area contributed by atoms with Crippen LogP contribution in [0.2, 0.25) is 5.02 Å². The fourth-order valence-electron chi connectivity index (χ4n) is 1.71. The first kappa shape index (κ1) is 12.6. The normalized spacial score (nSPS) is 10.9. The molecule has 0 atom stereocenters. The van der Waals surface area contributed by atoms with Crippen molar-refractivity contribution in [1.29, 1.82) is 0 Å². The van der Waals surface area contributed by atoms with Crippen LogP contribution in [0, 0.1) is 13.8 Å². The molecule has 17 heavy (non-hydrogen) atoms. The van der Waals surface area contributed by atoms with Gasteiger partial charge in [-0.2, -0.15) is 5.10 Å². The summed E-state index contributed by atoms with van der Waals surface area (Å²) < 4.78 is 2.82. The Morgan fingerprint density at radius 1 is 1.41 bits per heavy atom. The number of hydrogen-bond donors (Lipinski definition) is 1. The van der Waals surface area contributed by atoms with E-state index in [1.165, 1.54) is 0 Å². The average molecular weight is 315 g/mol. The molecule has 0 aliphatic heterocycles. The standard InChI is InChI=1S/C12H13BrClN3/c1-7-12(14)8(2)17(16-7)10-4-3-9(6-15)11(13)5-10/h3-5H,6,15H2,1-2H3. The first-order valence-corrected chi connectivity index (χ1v) is 6.42. The number of nitrogens with zero attached hydrogens (tertiary/aromatic N) is 2. The summed E-state index contributed by atoms with van der Waals surface area (Å²) >= 11 is 9.63. The van der Waals surface area contributed by atoms with Crippen LogP contribution in [0.5, 0.6) is 0 Å². The number of hydrogen-bond acceptors (Lipinski definition) is 2. The largest absolute Gasteiger partial charge is 0.326 e. The van der Waals surface area contributed by atoms with E-state index in [1.54, 1.807) is 0 Å². The molecule has 0 amide bonds. The van der Waals surface area contributed by atoms with E-state index in [0.717, 1.165) is 27.1 Å². The highest BCUT2D eigenvalue weighted by atomic mass is 79.9. The molecule has 0 unspecified atom stereocenters. The lowest BCUT2D eigenvalue weighted by Crippen LogP contribution is -2.02. The molecule has 90 valence electrons. The molecule has 0 saturated carbocycles. The Labute approximate surface area is 114 Å². The second-order valence-corrected chi connectivity index (χ2v) is 5.11. The van der Waals surface area contributed by atoms with Crippen LogP contribution in [0.15, 0.2) is 22.7 Å². The second-order valence-electron chi connectivity index (χ2n) is 3.88. The van der Waals surface area contributed by atoms with Crippen LogP contribution in [0.25, 0.3) is 5.69 Å². The predicted molar refractivity (Wildman–Crippen MR) is 73.6 cm³/mol. The highest BCUT2D eigenvalue weighted by molar-refractivity contribution is 9.10. The zero-order valence-electron chi connectivity index (χ0n) is 9.67. The zero-order valence-corrected chi connectivity index (χ0v) is 12.0. The third-order valence-electron chi connectivity index (χ3n) is 2.70. The van der Waals surface area contributed by atoms with Crippen LogP contribution in [0.3, 0.4) is 0 Å². The van der Waals surface area contributed by atoms with Gasteiger partial charge in [0.1, 0.15) is 0 Å². The van der Waals surface area contributed by atoms with Gasteiger partial charge in [-0.05, 0) is 31.5 Å². The van der Waals surface area contributed by atoms with E-state index in [2.05, 4.69) is 21.0 Å². The summed E-state index contributed by atoms with van der Waals surface area (Å²) in [5.74, 6) is 0. The minimum Gasteiger partial charge on any atom is -0.326 e. The van der Waals surface area contributed by atoms with Crippen molar-refractivity contribution in [3.8, 4) is 5.69 Å². The molecule has 5 heteroatoms. The van der Waals surface area contributed by atoms with Crippen molar-refractivity contribution >= 4 is 27.5 Å². The number of aromatic nitrogens is 2. The van der Waals surface area contributed by atoms with Crippen LogP contribution in [0.4, 0.5) is 0 Å². The van der Waals surface area contributed by atoms with Gasteiger partial charge in [0.15, 0.2) is 0 Å². The maximum atomic E-state index is 6.13. The van der Waals surface area contributed by atoms with E-state index in [9.17, 15) is 0 Å². The van der Waals surface area contributed by atoms with E-state index >= 15 is 0 Å². The summed E-state index contributed by atoms with van der Waals surface area (Å²) in [6.07, 6.45) is 0. The number of aryl methyl sites for hydroxylation is 1. The molecule has 2 N–H and O–H groups in total. The van der Waals surface area contributed by atoms with Crippen LogP contribution in [-0.4, -0.2) is 9.78 Å². The molecule has 0 spiro atoms. The number of rotatable bonds is 2. The molecule has 2 rings (SSSR count). The molecule has 1 heterocycles. The van der Waals surface area contributed by atoms with Crippen LogP contribution in [0.1, 0.15) is 17.0 Å². The Morgan fingerprint density at radius 3 is 2.59 bits per heavy atom. The van der Waals surface area contributed by atoms with Gasteiger partial charge in [-0.3, -0.25) is 0 Å². The third-order valence-corrected chi connectivity index (χ3v) is 3.99. The Morgan fingerprint density at radius 2 is 2.12 bits per heavy atom. The van der Waals surface area contributed by atoms with E-state index in [0.29, 0.717) is 11.6 Å². The van der Waals surface area contributed by atoms with Crippen molar-refractivity contribution in [1.82, 2.24) is 9.78 Å². The smallest absolute Gasteiger partial charge is 0.0848 e. The molecular formula is C12H13BrClN3. The average Bonchev–Trinajstić information content (AvgIpc) is 2.57. The lowest BCUT2D eigenvalue weighted by atomic mass is 10.2. The Kier molecular flexibility index (Phi) is 3.56. The van der Waals surface area contributed by atoms with Crippen LogP contribution < -0.4 is 5.73 Å². The summed E-state index contributed by atoms with van der Waals surface area (Å²) in [4.78, 5) is 0.